The molecule has 0 aromatic heterocycles. The van der Waals surface area contributed by atoms with Crippen molar-refractivity contribution in [1.29, 1.82) is 0 Å². The second-order valence-electron chi connectivity index (χ2n) is 1.75. The van der Waals surface area contributed by atoms with Gasteiger partial charge >= 0.3 is 0 Å². The summed E-state index contributed by atoms with van der Waals surface area (Å²) in [5.74, 6) is 0. The van der Waals surface area contributed by atoms with Gasteiger partial charge in [0.15, 0.2) is 0 Å². The molecule has 10 heteroatoms. The van der Waals surface area contributed by atoms with E-state index in [2.05, 4.69) is 58.6 Å². The van der Waals surface area contributed by atoms with E-state index in [1.807, 2.05) is 0 Å². The zero-order valence-electron chi connectivity index (χ0n) is 5.00. The van der Waals surface area contributed by atoms with E-state index < -0.39 is 12.3 Å². The Morgan fingerprint density at radius 1 is 0.600 bits per heavy atom. The molecule has 0 spiro atoms. The summed E-state index contributed by atoms with van der Waals surface area (Å²) in [6.45, 7) is 0. The van der Waals surface area contributed by atoms with E-state index in [4.69, 9.17) is 0 Å². The molecule has 0 aliphatic heterocycles. The highest BCUT2D eigenvalue weighted by molar-refractivity contribution is 7.85. The van der Waals surface area contributed by atoms with Crippen LogP contribution in [0.2, 0.25) is 0 Å². The van der Waals surface area contributed by atoms with Crippen LogP contribution in [0, 0.1) is 0 Å². The van der Waals surface area contributed by atoms with E-state index in [-0.39, 0.29) is 0 Å². The Bertz CT molecular complexity index is 133. The molecule has 0 rings (SSSR count). The molecular formula is Si10. The molecule has 0 nitrogen and oxygen atoms in total. The van der Waals surface area contributed by atoms with Crippen LogP contribution in [0.5, 0.6) is 0 Å². The van der Waals surface area contributed by atoms with Gasteiger partial charge < -0.3 is 0 Å². The van der Waals surface area contributed by atoms with Crippen LogP contribution in [0.25, 0.3) is 0 Å². The monoisotopic (exact) mass is 280 g/mol. The minimum absolute atomic E-state index is 0.916. The average molecular weight is 281 g/mol. The first-order chi connectivity index (χ1) is 4.21. The van der Waals surface area contributed by atoms with Crippen molar-refractivity contribution < 1.29 is 0 Å². The van der Waals surface area contributed by atoms with Gasteiger partial charge in [-0.3, -0.25) is 0 Å². The molecule has 0 saturated heterocycles. The molecular weight excluding hydrogens is 281 g/mol. The first-order valence-electron chi connectivity index (χ1n) is 2.25. The number of rotatable bonds is 0. The van der Waals surface area contributed by atoms with Crippen LogP contribution in [0.1, 0.15) is 0 Å². The average Bonchev–Trinajstić information content (AvgIpc) is 1.57. The van der Waals surface area contributed by atoms with Crippen molar-refractivity contribution in [2.45, 2.75) is 0 Å². The largest absolute Gasteiger partial charge is 0.0911 e. The maximum atomic E-state index is 3.62. The molecule has 0 aliphatic rings. The summed E-state index contributed by atoms with van der Waals surface area (Å²) in [7, 11) is 23.6. The molecule has 0 saturated carbocycles. The van der Waals surface area contributed by atoms with E-state index in [1.54, 1.807) is 0 Å². The SMILES string of the molecule is [Si][Si]([Si])([Si])[Si]#[Si][Si]([Si])([Si])[Si]. The smallest absolute Gasteiger partial charge is 0.0544 e. The molecule has 0 amide bonds. The summed E-state index contributed by atoms with van der Waals surface area (Å²) in [6, 6.07) is 0. The molecule has 0 aliphatic carbocycles. The molecule has 18 radical (unpaired) electrons. The van der Waals surface area contributed by atoms with Crippen molar-refractivity contribution in [3.63, 3.8) is 0 Å². The Kier molecular flexibility index (Phi) is 5.38. The summed E-state index contributed by atoms with van der Waals surface area (Å²) in [4.78, 5) is 0. The van der Waals surface area contributed by atoms with E-state index in [0.717, 1.165) is 15.9 Å². The normalized spacial score (nSPS) is 12.2. The molecule has 0 atom stereocenters. The summed E-state index contributed by atoms with van der Waals surface area (Å²) in [5, 5.41) is 0. The van der Waals surface area contributed by atoms with Crippen molar-refractivity contribution in [2.24, 2.45) is 0 Å². The predicted molar refractivity (Wildman–Crippen MR) is 57.5 cm³/mol. The fourth-order valence-corrected chi connectivity index (χ4v) is 45.6. The molecule has 0 unspecified atom stereocenters. The first-order valence-corrected chi connectivity index (χ1v) is 20.2. The quantitative estimate of drug-likeness (QED) is 0.399. The van der Waals surface area contributed by atoms with Crippen LogP contribution in [0.15, 0.2) is 0 Å². The van der Waals surface area contributed by atoms with Crippen LogP contribution in [0.4, 0.5) is 0 Å². The van der Waals surface area contributed by atoms with Crippen LogP contribution in [-0.4, -0.2) is 86.7 Å². The zero-order chi connectivity index (χ0) is 8.41. The van der Waals surface area contributed by atoms with Gasteiger partial charge in [-0.1, -0.05) is 15.9 Å². The fourth-order valence-electron chi connectivity index (χ4n) is 0.188. The minimum atomic E-state index is -1.37. The van der Waals surface area contributed by atoms with Crippen LogP contribution in [-0.2, 0) is 0 Å². The lowest BCUT2D eigenvalue weighted by molar-refractivity contribution is 3.66. The summed E-state index contributed by atoms with van der Waals surface area (Å²) in [5.41, 5.74) is 0. The Balaban J connectivity index is 4.19. The van der Waals surface area contributed by atoms with Gasteiger partial charge in [0.1, 0.15) is 0 Å². The Morgan fingerprint density at radius 3 is 0.900 bits per heavy atom. The Hall–Kier alpha value is 2.17. The standard InChI is InChI=1S/Si10/c1-9(2,3)7-8-10(4,5)6. The maximum absolute atomic E-state index is 3.62. The van der Waals surface area contributed by atoms with Crippen molar-refractivity contribution in [3.05, 3.63) is 0 Å². The van der Waals surface area contributed by atoms with Gasteiger partial charge in [0.2, 0.25) is 0 Å². The second-order valence-corrected chi connectivity index (χ2v) is 47.2. The van der Waals surface area contributed by atoms with Gasteiger partial charge in [0.25, 0.3) is 0 Å². The fraction of sp³-hybridized carbons (Fsp3) is 0. The zero-order valence-corrected chi connectivity index (χ0v) is 15.0. The topological polar surface area (TPSA) is 0 Å². The van der Waals surface area contributed by atoms with Crippen molar-refractivity contribution in [1.82, 2.24) is 0 Å². The van der Waals surface area contributed by atoms with E-state index in [0.29, 0.717) is 0 Å². The number of hydrogen-bond acceptors (Lipinski definition) is 0. The lowest BCUT2D eigenvalue weighted by Crippen LogP contribution is -2.47. The van der Waals surface area contributed by atoms with Crippen molar-refractivity contribution in [3.8, 4) is 0 Å². The van der Waals surface area contributed by atoms with Gasteiger partial charge in [-0.25, -0.2) is 0 Å². The highest BCUT2D eigenvalue weighted by atomic mass is 30.2. The second kappa shape index (κ2) is 4.42. The lowest BCUT2D eigenvalue weighted by Gasteiger charge is -2.08. The van der Waals surface area contributed by atoms with Gasteiger partial charge in [-0.15, -0.1) is 0 Å². The van der Waals surface area contributed by atoms with Gasteiger partial charge in [-0.05, 0) is 0 Å². The van der Waals surface area contributed by atoms with Gasteiger partial charge in [-0.2, -0.15) is 0 Å². The predicted octanol–water partition coefficient (Wildman–Crippen LogP) is -3.81. The Labute approximate surface area is 86.2 Å². The molecule has 0 bridgehead atoms. The van der Waals surface area contributed by atoms with Crippen molar-refractivity contribution in [2.75, 3.05) is 0 Å². The van der Waals surface area contributed by atoms with Crippen LogP contribution < -0.4 is 0 Å². The van der Waals surface area contributed by atoms with Crippen molar-refractivity contribution >= 4 is 86.7 Å². The molecule has 0 aromatic rings. The maximum Gasteiger partial charge on any atom is 0.0544 e. The van der Waals surface area contributed by atoms with Gasteiger partial charge in [0.05, 0.1) is 12.3 Å². The Morgan fingerprint density at radius 2 is 0.800 bits per heavy atom. The summed E-state index contributed by atoms with van der Waals surface area (Å²) in [6.07, 6.45) is -2.74. The van der Waals surface area contributed by atoms with Gasteiger partial charge in [0, 0.05) is 58.6 Å². The molecule has 0 aromatic carbocycles. The molecule has 10 heavy (non-hydrogen) atoms. The summed E-state index contributed by atoms with van der Waals surface area (Å²) < 4.78 is 0. The third-order valence-electron chi connectivity index (χ3n) is 0.438. The molecule has 0 N–H and O–H groups in total. The third kappa shape index (κ3) is 10.2. The first kappa shape index (κ1) is 12.2. The summed E-state index contributed by atoms with van der Waals surface area (Å²) >= 11 is 0. The number of hydrogen-bond donors (Lipinski definition) is 0. The molecule has 40 valence electrons. The third-order valence-corrected chi connectivity index (χ3v) is 35.4. The van der Waals surface area contributed by atoms with E-state index in [9.17, 15) is 0 Å². The highest BCUT2D eigenvalue weighted by Gasteiger charge is 2.11. The highest BCUT2D eigenvalue weighted by Crippen LogP contribution is 1.72. The van der Waals surface area contributed by atoms with E-state index in [1.165, 1.54) is 0 Å². The molecule has 0 fully saturated rings. The minimum Gasteiger partial charge on any atom is -0.0911 e. The lowest BCUT2D eigenvalue weighted by atomic mass is 26.0. The van der Waals surface area contributed by atoms with E-state index >= 15 is 0 Å². The van der Waals surface area contributed by atoms with Crippen LogP contribution >= 0.6 is 0 Å². The molecule has 0 heterocycles. The van der Waals surface area contributed by atoms with Crippen LogP contribution in [0.3, 0.4) is 0 Å².